The van der Waals surface area contributed by atoms with Gasteiger partial charge < -0.3 is 5.11 Å². The summed E-state index contributed by atoms with van der Waals surface area (Å²) in [5.74, 6) is 0.265. The Morgan fingerprint density at radius 3 is 2.32 bits per heavy atom. The molecular weight excluding hydrogens is 326 g/mol. The number of hydrogen-bond donors (Lipinski definition) is 1. The minimum atomic E-state index is -3.51. The second-order valence-electron chi connectivity index (χ2n) is 4.39. The molecule has 8 heteroatoms. The topological polar surface area (TPSA) is 97.5 Å². The molecule has 0 heterocycles. The number of sulfone groups is 1. The standard InChI is InChI=1S/C14H13NO5S2/c16-13-3-1-2-4-14(13)21-9-10-22(19,20)12-7-5-11(6-8-12)15(17)18/h1-8,16H,9-10H2. The molecule has 0 unspecified atom stereocenters. The van der Waals surface area contributed by atoms with Gasteiger partial charge in [-0.25, -0.2) is 8.42 Å². The van der Waals surface area contributed by atoms with Crippen molar-refractivity contribution >= 4 is 27.3 Å². The molecule has 1 N–H and O–H groups in total. The van der Waals surface area contributed by atoms with Crippen molar-refractivity contribution in [2.24, 2.45) is 0 Å². The maximum atomic E-state index is 12.1. The fourth-order valence-corrected chi connectivity index (χ4v) is 4.34. The molecule has 0 atom stereocenters. The average molecular weight is 339 g/mol. The fourth-order valence-electron chi connectivity index (χ4n) is 1.73. The Labute approximate surface area is 131 Å². The number of nitro groups is 1. The number of aromatic hydroxyl groups is 1. The number of nitrogens with zero attached hydrogens (tertiary/aromatic N) is 1. The maximum Gasteiger partial charge on any atom is 0.269 e. The minimum absolute atomic E-state index is 0.0518. The molecule has 0 amide bonds. The van der Waals surface area contributed by atoms with E-state index in [1.54, 1.807) is 18.2 Å². The maximum absolute atomic E-state index is 12.1. The van der Waals surface area contributed by atoms with Crippen molar-refractivity contribution in [3.63, 3.8) is 0 Å². The van der Waals surface area contributed by atoms with Crippen LogP contribution in [-0.4, -0.2) is 30.0 Å². The number of non-ortho nitro benzene ring substituents is 1. The van der Waals surface area contributed by atoms with Crippen molar-refractivity contribution in [3.05, 3.63) is 58.6 Å². The molecule has 2 aromatic rings. The first-order valence-electron chi connectivity index (χ1n) is 6.28. The smallest absolute Gasteiger partial charge is 0.269 e. The SMILES string of the molecule is O=[N+]([O-])c1ccc(S(=O)(=O)CCSc2ccccc2O)cc1. The molecule has 2 rings (SSSR count). The summed E-state index contributed by atoms with van der Waals surface area (Å²) in [6.45, 7) is 0. The Hall–Kier alpha value is -2.06. The highest BCUT2D eigenvalue weighted by Gasteiger charge is 2.16. The van der Waals surface area contributed by atoms with E-state index in [9.17, 15) is 23.6 Å². The Morgan fingerprint density at radius 2 is 1.73 bits per heavy atom. The van der Waals surface area contributed by atoms with Crippen molar-refractivity contribution in [1.82, 2.24) is 0 Å². The van der Waals surface area contributed by atoms with Crippen LogP contribution in [0.2, 0.25) is 0 Å². The van der Waals surface area contributed by atoms with Gasteiger partial charge in [-0.3, -0.25) is 10.1 Å². The Bertz CT molecular complexity index is 772. The second kappa shape index (κ2) is 6.80. The Kier molecular flexibility index (Phi) is 5.04. The minimum Gasteiger partial charge on any atom is -0.507 e. The Morgan fingerprint density at radius 1 is 1.09 bits per heavy atom. The summed E-state index contributed by atoms with van der Waals surface area (Å²) >= 11 is 1.24. The lowest BCUT2D eigenvalue weighted by molar-refractivity contribution is -0.384. The molecule has 0 saturated carbocycles. The van der Waals surface area contributed by atoms with Crippen LogP contribution in [-0.2, 0) is 9.84 Å². The zero-order valence-electron chi connectivity index (χ0n) is 11.4. The lowest BCUT2D eigenvalue weighted by Gasteiger charge is -2.05. The summed E-state index contributed by atoms with van der Waals surface area (Å²) in [5, 5.41) is 20.2. The number of phenolic OH excluding ortho intramolecular Hbond substituents is 1. The second-order valence-corrected chi connectivity index (χ2v) is 7.63. The van der Waals surface area contributed by atoms with Crippen LogP contribution in [0.5, 0.6) is 5.75 Å². The number of phenols is 1. The van der Waals surface area contributed by atoms with Gasteiger partial charge in [-0.05, 0) is 24.3 Å². The third-order valence-electron chi connectivity index (χ3n) is 2.88. The van der Waals surface area contributed by atoms with Gasteiger partial charge in [0.2, 0.25) is 0 Å². The first kappa shape index (κ1) is 16.3. The molecule has 6 nitrogen and oxygen atoms in total. The van der Waals surface area contributed by atoms with Crippen molar-refractivity contribution in [1.29, 1.82) is 0 Å². The van der Waals surface area contributed by atoms with E-state index in [-0.39, 0.29) is 27.8 Å². The predicted octanol–water partition coefficient (Wildman–Crippen LogP) is 2.87. The zero-order valence-corrected chi connectivity index (χ0v) is 13.0. The lowest BCUT2D eigenvalue weighted by Crippen LogP contribution is -2.08. The molecule has 0 aliphatic rings. The molecule has 116 valence electrons. The number of benzene rings is 2. The number of para-hydroxylation sites is 1. The summed E-state index contributed by atoms with van der Waals surface area (Å²) in [5.41, 5.74) is -0.150. The highest BCUT2D eigenvalue weighted by atomic mass is 32.2. The van der Waals surface area contributed by atoms with E-state index in [2.05, 4.69) is 0 Å². The number of nitro benzene ring substituents is 1. The van der Waals surface area contributed by atoms with Gasteiger partial charge in [-0.15, -0.1) is 11.8 Å². The van der Waals surface area contributed by atoms with E-state index < -0.39 is 14.8 Å². The fraction of sp³-hybridized carbons (Fsp3) is 0.143. The Balaban J connectivity index is 2.02. The van der Waals surface area contributed by atoms with Crippen LogP contribution in [0.3, 0.4) is 0 Å². The van der Waals surface area contributed by atoms with Gasteiger partial charge in [0.1, 0.15) is 5.75 Å². The molecule has 0 spiro atoms. The van der Waals surface area contributed by atoms with Crippen LogP contribution in [0, 0.1) is 10.1 Å². The van der Waals surface area contributed by atoms with E-state index in [1.807, 2.05) is 0 Å². The van der Waals surface area contributed by atoms with E-state index in [0.29, 0.717) is 4.90 Å². The van der Waals surface area contributed by atoms with Crippen molar-refractivity contribution < 1.29 is 18.4 Å². The van der Waals surface area contributed by atoms with E-state index in [4.69, 9.17) is 0 Å². The molecule has 0 aliphatic carbocycles. The number of rotatable bonds is 6. The van der Waals surface area contributed by atoms with Crippen molar-refractivity contribution in [2.75, 3.05) is 11.5 Å². The molecule has 0 fully saturated rings. The largest absolute Gasteiger partial charge is 0.507 e. The summed E-state index contributed by atoms with van der Waals surface area (Å²) < 4.78 is 24.3. The van der Waals surface area contributed by atoms with Crippen LogP contribution in [0.15, 0.2) is 58.3 Å². The molecule has 0 saturated heterocycles. The summed E-state index contributed by atoms with van der Waals surface area (Å²) in [4.78, 5) is 10.6. The van der Waals surface area contributed by atoms with E-state index in [1.165, 1.54) is 42.1 Å². The van der Waals surface area contributed by atoms with Gasteiger partial charge >= 0.3 is 0 Å². The molecule has 0 radical (unpaired) electrons. The quantitative estimate of drug-likeness (QED) is 0.494. The predicted molar refractivity (Wildman–Crippen MR) is 84.0 cm³/mol. The highest BCUT2D eigenvalue weighted by Crippen LogP contribution is 2.28. The van der Waals surface area contributed by atoms with Crippen LogP contribution in [0.1, 0.15) is 0 Å². The lowest BCUT2D eigenvalue weighted by atomic mass is 10.3. The van der Waals surface area contributed by atoms with Gasteiger partial charge in [-0.2, -0.15) is 0 Å². The third kappa shape index (κ3) is 3.99. The zero-order chi connectivity index (χ0) is 16.2. The van der Waals surface area contributed by atoms with Crippen molar-refractivity contribution in [2.45, 2.75) is 9.79 Å². The monoisotopic (exact) mass is 339 g/mol. The average Bonchev–Trinajstić information content (AvgIpc) is 2.49. The van der Waals surface area contributed by atoms with Crippen LogP contribution >= 0.6 is 11.8 Å². The van der Waals surface area contributed by atoms with Crippen LogP contribution in [0.4, 0.5) is 5.69 Å². The summed E-state index contributed by atoms with van der Waals surface area (Å²) in [7, 11) is -3.51. The normalized spacial score (nSPS) is 11.3. The number of thioether (sulfide) groups is 1. The molecule has 0 aromatic heterocycles. The van der Waals surface area contributed by atoms with Gasteiger partial charge in [0.15, 0.2) is 9.84 Å². The summed E-state index contributed by atoms with van der Waals surface area (Å²) in [6, 6.07) is 11.5. The third-order valence-corrected chi connectivity index (χ3v) is 5.94. The van der Waals surface area contributed by atoms with Gasteiger partial charge in [0, 0.05) is 22.8 Å². The first-order valence-corrected chi connectivity index (χ1v) is 8.92. The molecule has 2 aromatic carbocycles. The van der Waals surface area contributed by atoms with Gasteiger partial charge in [0.25, 0.3) is 5.69 Å². The van der Waals surface area contributed by atoms with Gasteiger partial charge in [0.05, 0.1) is 15.6 Å². The molecule has 22 heavy (non-hydrogen) atoms. The van der Waals surface area contributed by atoms with Gasteiger partial charge in [-0.1, -0.05) is 12.1 Å². The van der Waals surface area contributed by atoms with E-state index in [0.717, 1.165) is 0 Å². The van der Waals surface area contributed by atoms with Crippen LogP contribution < -0.4 is 0 Å². The van der Waals surface area contributed by atoms with Crippen molar-refractivity contribution in [3.8, 4) is 5.75 Å². The highest BCUT2D eigenvalue weighted by molar-refractivity contribution is 8.00. The van der Waals surface area contributed by atoms with Crippen LogP contribution in [0.25, 0.3) is 0 Å². The molecule has 0 bridgehead atoms. The molecular formula is C14H13NO5S2. The van der Waals surface area contributed by atoms with E-state index >= 15 is 0 Å². The number of hydrogen-bond acceptors (Lipinski definition) is 6. The summed E-state index contributed by atoms with van der Waals surface area (Å²) in [6.07, 6.45) is 0. The molecule has 0 aliphatic heterocycles. The first-order chi connectivity index (χ1) is 10.4.